The molecule has 2 rings (SSSR count). The minimum Gasteiger partial charge on any atom is -0.496 e. The van der Waals surface area contributed by atoms with Gasteiger partial charge in [0.1, 0.15) is 11.5 Å². The van der Waals surface area contributed by atoms with E-state index >= 15 is 0 Å². The summed E-state index contributed by atoms with van der Waals surface area (Å²) < 4.78 is 15.8. The fourth-order valence-corrected chi connectivity index (χ4v) is 2.48. The molecule has 0 amide bonds. The summed E-state index contributed by atoms with van der Waals surface area (Å²) in [5.74, 6) is 0.384. The van der Waals surface area contributed by atoms with Crippen LogP contribution >= 0.6 is 0 Å². The molecule has 0 radical (unpaired) electrons. The molecule has 1 aliphatic carbocycles. The van der Waals surface area contributed by atoms with Gasteiger partial charge in [-0.25, -0.2) is 0 Å². The molecule has 19 heavy (non-hydrogen) atoms. The zero-order valence-electron chi connectivity index (χ0n) is 11.4. The normalized spacial score (nSPS) is 15.9. The molecule has 0 atom stereocenters. The first-order valence-electron chi connectivity index (χ1n) is 6.07. The Bertz CT molecular complexity index is 491. The second kappa shape index (κ2) is 5.09. The number of ether oxygens (including phenoxy) is 3. The van der Waals surface area contributed by atoms with Crippen molar-refractivity contribution in [3.05, 3.63) is 23.3 Å². The number of hydrogen-bond donors (Lipinski definition) is 1. The lowest BCUT2D eigenvalue weighted by molar-refractivity contribution is -0.140. The van der Waals surface area contributed by atoms with E-state index in [2.05, 4.69) is 0 Å². The van der Waals surface area contributed by atoms with Crippen molar-refractivity contribution < 1.29 is 24.1 Å². The van der Waals surface area contributed by atoms with Gasteiger partial charge in [-0.3, -0.25) is 4.79 Å². The summed E-state index contributed by atoms with van der Waals surface area (Å²) in [6.45, 7) is 0.296. The molecule has 1 aromatic rings. The molecular formula is C14H18O5. The molecule has 104 valence electrons. The van der Waals surface area contributed by atoms with Crippen molar-refractivity contribution in [1.29, 1.82) is 0 Å². The first-order valence-corrected chi connectivity index (χ1v) is 6.07. The summed E-state index contributed by atoms with van der Waals surface area (Å²) in [6, 6.07) is 3.52. The zero-order valence-corrected chi connectivity index (χ0v) is 11.4. The Morgan fingerprint density at radius 3 is 2.21 bits per heavy atom. The van der Waals surface area contributed by atoms with Gasteiger partial charge in [0.2, 0.25) is 0 Å². The van der Waals surface area contributed by atoms with Crippen molar-refractivity contribution >= 4 is 5.97 Å². The van der Waals surface area contributed by atoms with Gasteiger partial charge in [0, 0.05) is 18.2 Å². The molecule has 1 aromatic carbocycles. The van der Waals surface area contributed by atoms with Gasteiger partial charge in [0.05, 0.1) is 26.2 Å². The molecule has 1 N–H and O–H groups in total. The summed E-state index contributed by atoms with van der Waals surface area (Å²) >= 11 is 0. The lowest BCUT2D eigenvalue weighted by Crippen LogP contribution is -2.23. The van der Waals surface area contributed by atoms with Crippen molar-refractivity contribution in [3.8, 4) is 11.5 Å². The highest BCUT2D eigenvalue weighted by Gasteiger charge is 2.55. The fourth-order valence-electron chi connectivity index (χ4n) is 2.48. The number of hydrogen-bond acceptors (Lipinski definition) is 4. The summed E-state index contributed by atoms with van der Waals surface area (Å²) in [7, 11) is 4.67. The van der Waals surface area contributed by atoms with Crippen molar-refractivity contribution in [1.82, 2.24) is 0 Å². The van der Waals surface area contributed by atoms with Gasteiger partial charge in [-0.2, -0.15) is 0 Å². The lowest BCUT2D eigenvalue weighted by Gasteiger charge is -2.21. The number of carboxylic acid groups (broad SMARTS) is 1. The van der Waals surface area contributed by atoms with E-state index < -0.39 is 11.4 Å². The smallest absolute Gasteiger partial charge is 0.314 e. The molecular weight excluding hydrogens is 248 g/mol. The van der Waals surface area contributed by atoms with Gasteiger partial charge in [0.25, 0.3) is 0 Å². The van der Waals surface area contributed by atoms with Crippen LogP contribution in [-0.2, 0) is 21.6 Å². The molecule has 0 saturated heterocycles. The monoisotopic (exact) mass is 266 g/mol. The summed E-state index contributed by atoms with van der Waals surface area (Å²) in [5.41, 5.74) is 0.584. The molecule has 5 nitrogen and oxygen atoms in total. The van der Waals surface area contributed by atoms with Crippen molar-refractivity contribution in [3.63, 3.8) is 0 Å². The Morgan fingerprint density at radius 1 is 1.21 bits per heavy atom. The first kappa shape index (κ1) is 13.7. The van der Waals surface area contributed by atoms with Crippen LogP contribution < -0.4 is 9.47 Å². The maximum Gasteiger partial charge on any atom is 0.314 e. The topological polar surface area (TPSA) is 65.0 Å². The first-order chi connectivity index (χ1) is 9.10. The molecule has 0 spiro atoms. The SMILES string of the molecule is COCc1c(OC)ccc(OC)c1C1(C(=O)O)CC1. The van der Waals surface area contributed by atoms with Crippen LogP contribution in [0.5, 0.6) is 11.5 Å². The molecule has 1 fully saturated rings. The van der Waals surface area contributed by atoms with Crippen molar-refractivity contribution in [2.45, 2.75) is 24.9 Å². The van der Waals surface area contributed by atoms with E-state index in [1.165, 1.54) is 0 Å². The lowest BCUT2D eigenvalue weighted by atomic mass is 9.90. The Labute approximate surface area is 112 Å². The maximum absolute atomic E-state index is 11.6. The van der Waals surface area contributed by atoms with Gasteiger partial charge in [-0.1, -0.05) is 0 Å². The quantitative estimate of drug-likeness (QED) is 0.852. The Kier molecular flexibility index (Phi) is 3.66. The van der Waals surface area contributed by atoms with Crippen molar-refractivity contribution in [2.24, 2.45) is 0 Å². The van der Waals surface area contributed by atoms with E-state index in [-0.39, 0.29) is 0 Å². The average Bonchev–Trinajstić information content (AvgIpc) is 3.19. The van der Waals surface area contributed by atoms with Crippen molar-refractivity contribution in [2.75, 3.05) is 21.3 Å². The molecule has 5 heteroatoms. The van der Waals surface area contributed by atoms with E-state index in [9.17, 15) is 9.90 Å². The highest BCUT2D eigenvalue weighted by atomic mass is 16.5. The highest BCUT2D eigenvalue weighted by Crippen LogP contribution is 2.54. The van der Waals surface area contributed by atoms with Crippen LogP contribution in [0.25, 0.3) is 0 Å². The van der Waals surface area contributed by atoms with Crippen LogP contribution in [-0.4, -0.2) is 32.4 Å². The largest absolute Gasteiger partial charge is 0.496 e. The third-order valence-electron chi connectivity index (χ3n) is 3.60. The Hall–Kier alpha value is -1.75. The van der Waals surface area contributed by atoms with Crippen LogP contribution in [0.1, 0.15) is 24.0 Å². The zero-order chi connectivity index (χ0) is 14.0. The van der Waals surface area contributed by atoms with Crippen LogP contribution in [0.3, 0.4) is 0 Å². The molecule has 0 unspecified atom stereocenters. The second-order valence-corrected chi connectivity index (χ2v) is 4.64. The Balaban J connectivity index is 2.64. The number of carbonyl (C=O) groups is 1. The van der Waals surface area contributed by atoms with E-state index in [0.717, 1.165) is 5.56 Å². The number of carboxylic acids is 1. The molecule has 0 bridgehead atoms. The maximum atomic E-state index is 11.6. The number of rotatable bonds is 6. The Morgan fingerprint density at radius 2 is 1.79 bits per heavy atom. The van der Waals surface area contributed by atoms with Gasteiger partial charge in [-0.15, -0.1) is 0 Å². The van der Waals surface area contributed by atoms with E-state index in [0.29, 0.717) is 36.5 Å². The molecule has 0 aromatic heterocycles. The van der Waals surface area contributed by atoms with Gasteiger partial charge in [0.15, 0.2) is 0 Å². The summed E-state index contributed by atoms with van der Waals surface area (Å²) in [5, 5.41) is 9.50. The number of methoxy groups -OCH3 is 3. The molecule has 0 aliphatic heterocycles. The van der Waals surface area contributed by atoms with Gasteiger partial charge >= 0.3 is 5.97 Å². The predicted octanol–water partition coefficient (Wildman–Crippen LogP) is 1.97. The van der Waals surface area contributed by atoms with E-state index in [1.54, 1.807) is 33.5 Å². The number of aliphatic carboxylic acids is 1. The summed E-state index contributed by atoms with van der Waals surface area (Å²) in [4.78, 5) is 11.6. The van der Waals surface area contributed by atoms with Gasteiger partial charge < -0.3 is 19.3 Å². The van der Waals surface area contributed by atoms with Crippen LogP contribution in [0.4, 0.5) is 0 Å². The predicted molar refractivity (Wildman–Crippen MR) is 68.8 cm³/mol. The third-order valence-corrected chi connectivity index (χ3v) is 3.60. The third kappa shape index (κ3) is 2.14. The standard InChI is InChI=1S/C14H18O5/c1-17-8-9-10(18-2)4-5-11(19-3)12(9)14(6-7-14)13(15)16/h4-5H,6-8H2,1-3H3,(H,15,16). The van der Waals surface area contributed by atoms with Crippen LogP contribution in [0, 0.1) is 0 Å². The minimum absolute atomic E-state index is 0.296. The minimum atomic E-state index is -0.853. The van der Waals surface area contributed by atoms with E-state index in [1.807, 2.05) is 0 Å². The highest BCUT2D eigenvalue weighted by molar-refractivity contribution is 5.87. The van der Waals surface area contributed by atoms with Gasteiger partial charge in [-0.05, 0) is 25.0 Å². The van der Waals surface area contributed by atoms with Crippen LogP contribution in [0.15, 0.2) is 12.1 Å². The van der Waals surface area contributed by atoms with E-state index in [4.69, 9.17) is 14.2 Å². The molecule has 1 aliphatic rings. The summed E-state index contributed by atoms with van der Waals surface area (Å²) in [6.07, 6.45) is 1.23. The second-order valence-electron chi connectivity index (χ2n) is 4.64. The number of benzene rings is 1. The van der Waals surface area contributed by atoms with Crippen LogP contribution in [0.2, 0.25) is 0 Å². The molecule has 1 saturated carbocycles. The average molecular weight is 266 g/mol. The fraction of sp³-hybridized carbons (Fsp3) is 0.500. The molecule has 0 heterocycles.